The maximum absolute atomic E-state index is 6.03. The van der Waals surface area contributed by atoms with Crippen molar-refractivity contribution >= 4 is 11.6 Å². The highest BCUT2D eigenvalue weighted by Gasteiger charge is 2.13. The molecule has 0 aliphatic carbocycles. The molecule has 1 aliphatic heterocycles. The van der Waals surface area contributed by atoms with Crippen molar-refractivity contribution in [3.05, 3.63) is 53.6 Å². The lowest BCUT2D eigenvalue weighted by atomic mass is 10.1. The van der Waals surface area contributed by atoms with Crippen molar-refractivity contribution in [2.45, 2.75) is 0 Å². The van der Waals surface area contributed by atoms with Crippen LogP contribution in [-0.4, -0.2) is 23.4 Å². The van der Waals surface area contributed by atoms with E-state index in [-0.39, 0.29) is 0 Å². The molecular weight excluding hydrogens is 300 g/mol. The van der Waals surface area contributed by atoms with E-state index in [1.54, 1.807) is 0 Å². The van der Waals surface area contributed by atoms with E-state index in [1.807, 2.05) is 48.5 Å². The standard InChI is InChI=1S/C17H13ClN2O2/c18-13-3-1-2-11(8-13)14-10-15(20-19-14)12-4-5-16-17(9-12)22-7-6-21-16/h1-5,8-10H,6-7H2,(H,19,20). The van der Waals surface area contributed by atoms with Gasteiger partial charge >= 0.3 is 0 Å². The van der Waals surface area contributed by atoms with E-state index in [1.165, 1.54) is 0 Å². The fraction of sp³-hybridized carbons (Fsp3) is 0.118. The third-order valence-electron chi connectivity index (χ3n) is 3.55. The normalized spacial score (nSPS) is 13.1. The Morgan fingerprint density at radius 2 is 1.77 bits per heavy atom. The van der Waals surface area contributed by atoms with Crippen molar-refractivity contribution < 1.29 is 9.47 Å². The summed E-state index contributed by atoms with van der Waals surface area (Å²) in [4.78, 5) is 0. The highest BCUT2D eigenvalue weighted by atomic mass is 35.5. The second kappa shape index (κ2) is 5.39. The molecule has 110 valence electrons. The van der Waals surface area contributed by atoms with Gasteiger partial charge in [0.25, 0.3) is 0 Å². The van der Waals surface area contributed by atoms with Crippen LogP contribution in [0.4, 0.5) is 0 Å². The summed E-state index contributed by atoms with van der Waals surface area (Å²) in [5, 5.41) is 8.11. The molecule has 0 saturated carbocycles. The molecule has 0 radical (unpaired) electrons. The number of aromatic nitrogens is 2. The maximum atomic E-state index is 6.03. The van der Waals surface area contributed by atoms with Gasteiger partial charge in [0.15, 0.2) is 11.5 Å². The average molecular weight is 313 g/mol. The minimum absolute atomic E-state index is 0.577. The Balaban J connectivity index is 1.69. The SMILES string of the molecule is Clc1cccc(-c2cc(-c3ccc4c(c3)OCCO4)[nH]n2)c1. The van der Waals surface area contributed by atoms with Crippen molar-refractivity contribution in [1.82, 2.24) is 10.2 Å². The first-order valence-electron chi connectivity index (χ1n) is 7.01. The van der Waals surface area contributed by atoms with Gasteiger partial charge in [-0.2, -0.15) is 5.10 Å². The fourth-order valence-electron chi connectivity index (χ4n) is 2.48. The van der Waals surface area contributed by atoms with E-state index >= 15 is 0 Å². The predicted molar refractivity (Wildman–Crippen MR) is 85.5 cm³/mol. The Morgan fingerprint density at radius 1 is 0.909 bits per heavy atom. The number of hydrogen-bond acceptors (Lipinski definition) is 3. The summed E-state index contributed by atoms with van der Waals surface area (Å²) < 4.78 is 11.2. The van der Waals surface area contributed by atoms with E-state index in [0.29, 0.717) is 18.2 Å². The van der Waals surface area contributed by atoms with Crippen molar-refractivity contribution in [2.24, 2.45) is 0 Å². The summed E-state index contributed by atoms with van der Waals surface area (Å²) in [5.41, 5.74) is 3.76. The summed E-state index contributed by atoms with van der Waals surface area (Å²) in [5.74, 6) is 1.55. The van der Waals surface area contributed by atoms with Crippen LogP contribution in [0.1, 0.15) is 0 Å². The van der Waals surface area contributed by atoms with Crippen LogP contribution in [0.15, 0.2) is 48.5 Å². The number of nitrogens with one attached hydrogen (secondary N) is 1. The van der Waals surface area contributed by atoms with Crippen LogP contribution in [0.25, 0.3) is 22.5 Å². The first-order chi connectivity index (χ1) is 10.8. The Kier molecular flexibility index (Phi) is 3.24. The van der Waals surface area contributed by atoms with Crippen molar-refractivity contribution in [2.75, 3.05) is 13.2 Å². The van der Waals surface area contributed by atoms with Gasteiger partial charge in [-0.15, -0.1) is 0 Å². The van der Waals surface area contributed by atoms with Crippen LogP contribution in [0.3, 0.4) is 0 Å². The number of fused-ring (bicyclic) bond motifs is 1. The third-order valence-corrected chi connectivity index (χ3v) is 3.79. The summed E-state index contributed by atoms with van der Waals surface area (Å²) >= 11 is 6.03. The molecule has 0 spiro atoms. The van der Waals surface area contributed by atoms with E-state index in [4.69, 9.17) is 21.1 Å². The average Bonchev–Trinajstić information content (AvgIpc) is 3.04. The molecule has 0 atom stereocenters. The molecule has 0 fully saturated rings. The molecule has 0 amide bonds. The first-order valence-corrected chi connectivity index (χ1v) is 7.39. The van der Waals surface area contributed by atoms with Gasteiger partial charge in [0.1, 0.15) is 13.2 Å². The number of benzene rings is 2. The lowest BCUT2D eigenvalue weighted by Gasteiger charge is -2.18. The van der Waals surface area contributed by atoms with Crippen molar-refractivity contribution in [1.29, 1.82) is 0 Å². The summed E-state index contributed by atoms with van der Waals surface area (Å²) in [7, 11) is 0. The van der Waals surface area contributed by atoms with E-state index in [2.05, 4.69) is 10.2 Å². The van der Waals surface area contributed by atoms with Crippen LogP contribution >= 0.6 is 11.6 Å². The van der Waals surface area contributed by atoms with Gasteiger partial charge in [0.2, 0.25) is 0 Å². The Bertz CT molecular complexity index is 829. The molecule has 2 heterocycles. The number of aromatic amines is 1. The first kappa shape index (κ1) is 13.2. The molecular formula is C17H13ClN2O2. The highest BCUT2D eigenvalue weighted by Crippen LogP contribution is 2.34. The minimum atomic E-state index is 0.577. The van der Waals surface area contributed by atoms with Gasteiger partial charge in [-0.3, -0.25) is 5.10 Å². The lowest BCUT2D eigenvalue weighted by Crippen LogP contribution is -2.15. The van der Waals surface area contributed by atoms with Gasteiger partial charge in [0, 0.05) is 16.1 Å². The van der Waals surface area contributed by atoms with E-state index < -0.39 is 0 Å². The topological polar surface area (TPSA) is 47.1 Å². The van der Waals surface area contributed by atoms with Crippen LogP contribution in [0.5, 0.6) is 11.5 Å². The number of nitrogens with zero attached hydrogens (tertiary/aromatic N) is 1. The Hall–Kier alpha value is -2.46. The molecule has 1 aromatic heterocycles. The number of rotatable bonds is 2. The van der Waals surface area contributed by atoms with E-state index in [9.17, 15) is 0 Å². The molecule has 0 bridgehead atoms. The van der Waals surface area contributed by atoms with Gasteiger partial charge in [-0.1, -0.05) is 23.7 Å². The zero-order valence-corrected chi connectivity index (χ0v) is 12.4. The zero-order valence-electron chi connectivity index (χ0n) is 11.7. The number of ether oxygens (including phenoxy) is 2. The van der Waals surface area contributed by atoms with Gasteiger partial charge in [-0.05, 0) is 36.4 Å². The molecule has 3 aromatic rings. The maximum Gasteiger partial charge on any atom is 0.162 e. The zero-order chi connectivity index (χ0) is 14.9. The van der Waals surface area contributed by atoms with Gasteiger partial charge < -0.3 is 9.47 Å². The second-order valence-corrected chi connectivity index (χ2v) is 5.47. The molecule has 5 heteroatoms. The molecule has 0 saturated heterocycles. The summed E-state index contributed by atoms with van der Waals surface area (Å²) in [6, 6.07) is 15.5. The minimum Gasteiger partial charge on any atom is -0.486 e. The van der Waals surface area contributed by atoms with E-state index in [0.717, 1.165) is 34.0 Å². The molecule has 0 unspecified atom stereocenters. The molecule has 4 nitrogen and oxygen atoms in total. The van der Waals surface area contributed by atoms with Crippen LogP contribution in [-0.2, 0) is 0 Å². The van der Waals surface area contributed by atoms with Crippen LogP contribution < -0.4 is 9.47 Å². The number of H-pyrrole nitrogens is 1. The summed E-state index contributed by atoms with van der Waals surface area (Å²) in [6.45, 7) is 1.17. The molecule has 22 heavy (non-hydrogen) atoms. The monoisotopic (exact) mass is 312 g/mol. The van der Waals surface area contributed by atoms with Crippen molar-refractivity contribution in [3.8, 4) is 34.0 Å². The van der Waals surface area contributed by atoms with Gasteiger partial charge in [0.05, 0.1) is 11.4 Å². The highest BCUT2D eigenvalue weighted by molar-refractivity contribution is 6.30. The largest absolute Gasteiger partial charge is 0.486 e. The van der Waals surface area contributed by atoms with Gasteiger partial charge in [-0.25, -0.2) is 0 Å². The van der Waals surface area contributed by atoms with Crippen LogP contribution in [0.2, 0.25) is 5.02 Å². The molecule has 1 N–H and O–H groups in total. The van der Waals surface area contributed by atoms with Crippen LogP contribution in [0, 0.1) is 0 Å². The number of halogens is 1. The van der Waals surface area contributed by atoms with Crippen molar-refractivity contribution in [3.63, 3.8) is 0 Å². The summed E-state index contributed by atoms with van der Waals surface area (Å²) in [6.07, 6.45) is 0. The molecule has 1 aliphatic rings. The fourth-order valence-corrected chi connectivity index (χ4v) is 2.67. The number of hydrogen-bond donors (Lipinski definition) is 1. The quantitative estimate of drug-likeness (QED) is 0.772. The Morgan fingerprint density at radius 3 is 2.64 bits per heavy atom. The third kappa shape index (κ3) is 2.42. The smallest absolute Gasteiger partial charge is 0.162 e. The molecule has 4 rings (SSSR count). The molecule has 2 aromatic carbocycles. The lowest BCUT2D eigenvalue weighted by molar-refractivity contribution is 0.171. The predicted octanol–water partition coefficient (Wildman–Crippen LogP) is 4.17. The second-order valence-electron chi connectivity index (χ2n) is 5.04. The Labute approximate surface area is 132 Å².